The van der Waals surface area contributed by atoms with Gasteiger partial charge in [0, 0.05) is 17.3 Å². The first-order chi connectivity index (χ1) is 9.56. The lowest BCUT2D eigenvalue weighted by Crippen LogP contribution is -2.38. The van der Waals surface area contributed by atoms with Crippen LogP contribution in [-0.4, -0.2) is 22.3 Å². The minimum Gasteiger partial charge on any atom is -0.423 e. The highest BCUT2D eigenvalue weighted by Gasteiger charge is 2.11. The van der Waals surface area contributed by atoms with Crippen molar-refractivity contribution in [2.75, 3.05) is 5.32 Å². The maximum atomic E-state index is 11.9. The van der Waals surface area contributed by atoms with Crippen molar-refractivity contribution in [1.29, 1.82) is 0 Å². The lowest BCUT2D eigenvalue weighted by Gasteiger charge is -2.17. The number of amides is 2. The summed E-state index contributed by atoms with van der Waals surface area (Å²) in [5.41, 5.74) is 1.44. The van der Waals surface area contributed by atoms with Gasteiger partial charge in [0.1, 0.15) is 0 Å². The summed E-state index contributed by atoms with van der Waals surface area (Å²) in [6, 6.07) is 7.13. The van der Waals surface area contributed by atoms with E-state index in [0.29, 0.717) is 17.5 Å². The monoisotopic (exact) mass is 274 g/mol. The molecule has 0 radical (unpaired) electrons. The number of benzene rings is 1. The molecule has 0 unspecified atom stereocenters. The van der Waals surface area contributed by atoms with Gasteiger partial charge in [0.15, 0.2) is 0 Å². The smallest absolute Gasteiger partial charge is 0.319 e. The molecule has 1 aromatic carbocycles. The Morgan fingerprint density at radius 2 is 2.10 bits per heavy atom. The third-order valence-corrected chi connectivity index (χ3v) is 3.09. The summed E-state index contributed by atoms with van der Waals surface area (Å²) in [5, 5.41) is 13.1. The fourth-order valence-electron chi connectivity index (χ4n) is 1.57. The van der Waals surface area contributed by atoms with Crippen LogP contribution in [0, 0.1) is 5.92 Å². The molecule has 6 heteroatoms. The summed E-state index contributed by atoms with van der Waals surface area (Å²) in [7, 11) is 0. The van der Waals surface area contributed by atoms with Gasteiger partial charge in [-0.05, 0) is 31.0 Å². The molecule has 0 spiro atoms. The molecule has 0 saturated carbocycles. The van der Waals surface area contributed by atoms with Crippen molar-refractivity contribution in [3.8, 4) is 11.5 Å². The maximum absolute atomic E-state index is 11.9. The van der Waals surface area contributed by atoms with E-state index in [2.05, 4.69) is 34.7 Å². The molecule has 2 amide bonds. The summed E-state index contributed by atoms with van der Waals surface area (Å²) >= 11 is 0. The minimum absolute atomic E-state index is 0.106. The highest BCUT2D eigenvalue weighted by Crippen LogP contribution is 2.20. The summed E-state index contributed by atoms with van der Waals surface area (Å²) in [5.74, 6) is 0.801. The number of nitrogens with one attached hydrogen (secondary N) is 2. The van der Waals surface area contributed by atoms with Crippen LogP contribution in [0.15, 0.2) is 35.1 Å². The Labute approximate surface area is 117 Å². The van der Waals surface area contributed by atoms with Crippen molar-refractivity contribution in [2.45, 2.75) is 26.8 Å². The Balaban J connectivity index is 2.03. The van der Waals surface area contributed by atoms with Crippen LogP contribution in [0.1, 0.15) is 20.8 Å². The van der Waals surface area contributed by atoms with Gasteiger partial charge < -0.3 is 15.1 Å². The summed E-state index contributed by atoms with van der Waals surface area (Å²) in [6.45, 7) is 6.08. The Bertz CT molecular complexity index is 566. The van der Waals surface area contributed by atoms with Crippen molar-refractivity contribution in [3.63, 3.8) is 0 Å². The number of urea groups is 1. The number of carbonyl (C=O) groups is 1. The van der Waals surface area contributed by atoms with Gasteiger partial charge in [0.2, 0.25) is 12.3 Å². The molecule has 1 atom stereocenters. The Morgan fingerprint density at radius 3 is 2.75 bits per heavy atom. The number of anilines is 1. The Kier molecular flexibility index (Phi) is 4.34. The van der Waals surface area contributed by atoms with E-state index < -0.39 is 0 Å². The fraction of sp³-hybridized carbons (Fsp3) is 0.357. The van der Waals surface area contributed by atoms with Crippen LogP contribution < -0.4 is 10.6 Å². The molecule has 1 aromatic heterocycles. The fourth-order valence-corrected chi connectivity index (χ4v) is 1.57. The average molecular weight is 274 g/mol. The topological polar surface area (TPSA) is 80.0 Å². The van der Waals surface area contributed by atoms with E-state index in [1.165, 1.54) is 6.39 Å². The van der Waals surface area contributed by atoms with Crippen LogP contribution in [0.3, 0.4) is 0 Å². The lowest BCUT2D eigenvalue weighted by atomic mass is 10.1. The van der Waals surface area contributed by atoms with Gasteiger partial charge in [-0.2, -0.15) is 0 Å². The molecule has 2 rings (SSSR count). The zero-order chi connectivity index (χ0) is 14.5. The number of rotatable bonds is 4. The number of nitrogens with zero attached hydrogens (tertiary/aromatic N) is 2. The molecule has 0 aliphatic rings. The molecule has 6 nitrogen and oxygen atoms in total. The van der Waals surface area contributed by atoms with Gasteiger partial charge in [-0.1, -0.05) is 19.9 Å². The largest absolute Gasteiger partial charge is 0.423 e. The first-order valence-corrected chi connectivity index (χ1v) is 6.50. The van der Waals surface area contributed by atoms with E-state index >= 15 is 0 Å². The van der Waals surface area contributed by atoms with Crippen LogP contribution in [-0.2, 0) is 0 Å². The highest BCUT2D eigenvalue weighted by atomic mass is 16.4. The number of hydrogen-bond donors (Lipinski definition) is 2. The van der Waals surface area contributed by atoms with E-state index in [-0.39, 0.29) is 12.1 Å². The molecule has 20 heavy (non-hydrogen) atoms. The second kappa shape index (κ2) is 6.18. The van der Waals surface area contributed by atoms with Gasteiger partial charge >= 0.3 is 6.03 Å². The Hall–Kier alpha value is -2.37. The lowest BCUT2D eigenvalue weighted by molar-refractivity contribution is 0.246. The summed E-state index contributed by atoms with van der Waals surface area (Å²) in [6.07, 6.45) is 1.27. The van der Waals surface area contributed by atoms with Gasteiger partial charge in [-0.3, -0.25) is 0 Å². The molecule has 106 valence electrons. The first kappa shape index (κ1) is 14.0. The highest BCUT2D eigenvalue weighted by molar-refractivity contribution is 5.90. The summed E-state index contributed by atoms with van der Waals surface area (Å²) in [4.78, 5) is 11.9. The van der Waals surface area contributed by atoms with Crippen molar-refractivity contribution in [2.24, 2.45) is 5.92 Å². The molecule has 2 N–H and O–H groups in total. The molecule has 0 aliphatic carbocycles. The number of aromatic nitrogens is 2. The second-order valence-corrected chi connectivity index (χ2v) is 4.96. The van der Waals surface area contributed by atoms with Crippen molar-refractivity contribution < 1.29 is 9.21 Å². The van der Waals surface area contributed by atoms with Crippen LogP contribution >= 0.6 is 0 Å². The normalized spacial score (nSPS) is 12.2. The zero-order valence-corrected chi connectivity index (χ0v) is 11.8. The molecule has 0 bridgehead atoms. The van der Waals surface area contributed by atoms with Gasteiger partial charge in [0.25, 0.3) is 0 Å². The van der Waals surface area contributed by atoms with Gasteiger partial charge in [-0.15, -0.1) is 10.2 Å². The maximum Gasteiger partial charge on any atom is 0.319 e. The van der Waals surface area contributed by atoms with Crippen molar-refractivity contribution in [1.82, 2.24) is 15.5 Å². The van der Waals surface area contributed by atoms with Crippen LogP contribution in [0.2, 0.25) is 0 Å². The molecular weight excluding hydrogens is 256 g/mol. The van der Waals surface area contributed by atoms with Crippen LogP contribution in [0.5, 0.6) is 0 Å². The predicted molar refractivity (Wildman–Crippen MR) is 76.2 cm³/mol. The van der Waals surface area contributed by atoms with Gasteiger partial charge in [-0.25, -0.2) is 4.79 Å². The Morgan fingerprint density at radius 1 is 1.30 bits per heavy atom. The van der Waals surface area contributed by atoms with Crippen molar-refractivity contribution >= 4 is 11.7 Å². The van der Waals surface area contributed by atoms with Crippen LogP contribution in [0.4, 0.5) is 10.5 Å². The van der Waals surface area contributed by atoms with Gasteiger partial charge in [0.05, 0.1) is 0 Å². The minimum atomic E-state index is -0.228. The summed E-state index contributed by atoms with van der Waals surface area (Å²) < 4.78 is 5.12. The molecule has 1 heterocycles. The molecule has 0 saturated heterocycles. The quantitative estimate of drug-likeness (QED) is 0.898. The average Bonchev–Trinajstić information content (AvgIpc) is 2.92. The van der Waals surface area contributed by atoms with E-state index in [1.807, 2.05) is 19.1 Å². The van der Waals surface area contributed by atoms with Crippen LogP contribution in [0.25, 0.3) is 11.5 Å². The molecule has 0 aliphatic heterocycles. The van der Waals surface area contributed by atoms with E-state index in [9.17, 15) is 4.79 Å². The molecule has 0 fully saturated rings. The van der Waals surface area contributed by atoms with Crippen molar-refractivity contribution in [3.05, 3.63) is 30.7 Å². The van der Waals surface area contributed by atoms with E-state index in [0.717, 1.165) is 5.56 Å². The molecule has 2 aromatic rings. The molecular formula is C14H18N4O2. The second-order valence-electron chi connectivity index (χ2n) is 4.96. The SMILES string of the molecule is CC(C)[C@H](C)NC(=O)Nc1cccc(-c2nnco2)c1. The number of carbonyl (C=O) groups excluding carboxylic acids is 1. The zero-order valence-electron chi connectivity index (χ0n) is 11.8. The number of hydrogen-bond acceptors (Lipinski definition) is 4. The van der Waals surface area contributed by atoms with E-state index in [4.69, 9.17) is 4.42 Å². The first-order valence-electron chi connectivity index (χ1n) is 6.50. The third kappa shape index (κ3) is 3.57. The predicted octanol–water partition coefficient (Wildman–Crippen LogP) is 2.90. The van der Waals surface area contributed by atoms with E-state index in [1.54, 1.807) is 12.1 Å². The standard InChI is InChI=1S/C14H18N4O2/c1-9(2)10(3)16-14(19)17-12-6-4-5-11(7-12)13-18-15-8-20-13/h4-10H,1-3H3,(H2,16,17,19)/t10-/m0/s1. The third-order valence-electron chi connectivity index (χ3n) is 3.09.